The third kappa shape index (κ3) is 6.24. The van der Waals surface area contributed by atoms with Crippen molar-refractivity contribution in [3.8, 4) is 11.8 Å². The molecule has 0 unspecified atom stereocenters. The van der Waals surface area contributed by atoms with Gasteiger partial charge in [-0.3, -0.25) is 15.1 Å². The molecule has 0 spiro atoms. The van der Waals surface area contributed by atoms with E-state index < -0.39 is 6.03 Å². The Morgan fingerprint density at radius 3 is 2.76 bits per heavy atom. The number of rotatable bonds is 5. The van der Waals surface area contributed by atoms with Gasteiger partial charge in [0.05, 0.1) is 18.7 Å². The van der Waals surface area contributed by atoms with Crippen molar-refractivity contribution in [1.82, 2.24) is 15.3 Å². The molecule has 0 aromatic carbocycles. The number of nitrogens with zero attached hydrogens (tertiary/aromatic N) is 2. The van der Waals surface area contributed by atoms with Crippen molar-refractivity contribution in [3.05, 3.63) is 40.7 Å². The zero-order chi connectivity index (χ0) is 18.1. The Balaban J connectivity index is 1.88. The molecule has 0 saturated heterocycles. The summed E-state index contributed by atoms with van der Waals surface area (Å²) in [6.07, 6.45) is 3.48. The van der Waals surface area contributed by atoms with Gasteiger partial charge in [-0.2, -0.15) is 0 Å². The van der Waals surface area contributed by atoms with Gasteiger partial charge in [-0.15, -0.1) is 0 Å². The molecule has 0 fully saturated rings. The van der Waals surface area contributed by atoms with E-state index in [9.17, 15) is 9.59 Å². The summed E-state index contributed by atoms with van der Waals surface area (Å²) in [5.41, 5.74) is 1.60. The molecule has 2 aromatic heterocycles. The maximum absolute atomic E-state index is 11.8. The van der Waals surface area contributed by atoms with Crippen LogP contribution in [0.2, 0.25) is 0 Å². The van der Waals surface area contributed by atoms with Gasteiger partial charge < -0.3 is 10.1 Å². The monoisotopic (exact) mass is 358 g/mol. The summed E-state index contributed by atoms with van der Waals surface area (Å²) in [7, 11) is 0. The number of aromatic nitrogens is 2. The van der Waals surface area contributed by atoms with E-state index in [0.29, 0.717) is 11.7 Å². The number of nitrogens with one attached hydrogen (secondary N) is 2. The number of ether oxygens (including phenoxy) is 1. The number of amides is 2. The average molecular weight is 358 g/mol. The number of aryl methyl sites for hydroxylation is 1. The van der Waals surface area contributed by atoms with Gasteiger partial charge in [0, 0.05) is 24.5 Å². The number of urea groups is 1. The Bertz CT molecular complexity index is 793. The molecule has 2 heterocycles. The van der Waals surface area contributed by atoms with E-state index >= 15 is 0 Å². The number of thiazole rings is 1. The van der Waals surface area contributed by atoms with E-state index in [4.69, 9.17) is 4.74 Å². The molecule has 8 heteroatoms. The van der Waals surface area contributed by atoms with Crippen LogP contribution in [0.1, 0.15) is 29.5 Å². The first kappa shape index (κ1) is 18.4. The summed E-state index contributed by atoms with van der Waals surface area (Å²) in [6, 6.07) is 3.21. The summed E-state index contributed by atoms with van der Waals surface area (Å²) in [6.45, 7) is 4.09. The highest BCUT2D eigenvalue weighted by Gasteiger charge is 2.09. The van der Waals surface area contributed by atoms with Crippen LogP contribution in [0.4, 0.5) is 9.93 Å². The number of carbonyl (C=O) groups excluding carboxylic acids is 2. The van der Waals surface area contributed by atoms with Gasteiger partial charge >= 0.3 is 12.0 Å². The molecule has 0 atom stereocenters. The van der Waals surface area contributed by atoms with E-state index in [1.807, 2.05) is 19.1 Å². The summed E-state index contributed by atoms with van der Waals surface area (Å²) in [5.74, 6) is 5.72. The molecule has 0 aliphatic rings. The lowest BCUT2D eigenvalue weighted by Gasteiger charge is -2.04. The first-order valence-electron chi connectivity index (χ1n) is 7.68. The Morgan fingerprint density at radius 2 is 2.04 bits per heavy atom. The van der Waals surface area contributed by atoms with Crippen molar-refractivity contribution in [2.75, 3.05) is 18.5 Å². The molecule has 0 radical (unpaired) electrons. The van der Waals surface area contributed by atoms with Crippen molar-refractivity contribution in [2.45, 2.75) is 20.3 Å². The molecule has 2 amide bonds. The van der Waals surface area contributed by atoms with Crippen molar-refractivity contribution in [3.63, 3.8) is 0 Å². The summed E-state index contributed by atoms with van der Waals surface area (Å²) in [4.78, 5) is 32.0. The fourth-order valence-corrected chi connectivity index (χ4v) is 2.60. The van der Waals surface area contributed by atoms with Crippen LogP contribution in [0.5, 0.6) is 0 Å². The molecule has 0 aliphatic carbocycles. The van der Waals surface area contributed by atoms with Crippen LogP contribution in [-0.2, 0) is 9.53 Å². The van der Waals surface area contributed by atoms with E-state index in [1.165, 1.54) is 11.3 Å². The second-order valence-corrected chi connectivity index (χ2v) is 5.85. The highest BCUT2D eigenvalue weighted by molar-refractivity contribution is 7.16. The third-order valence-electron chi connectivity index (χ3n) is 2.94. The molecule has 130 valence electrons. The molecule has 2 aromatic rings. The van der Waals surface area contributed by atoms with Gasteiger partial charge in [0.2, 0.25) is 0 Å². The molecule has 25 heavy (non-hydrogen) atoms. The van der Waals surface area contributed by atoms with Crippen LogP contribution >= 0.6 is 11.3 Å². The van der Waals surface area contributed by atoms with Crippen molar-refractivity contribution in [2.24, 2.45) is 0 Å². The minimum absolute atomic E-state index is 0.126. The van der Waals surface area contributed by atoms with Gasteiger partial charge in [0.1, 0.15) is 4.88 Å². The second-order valence-electron chi connectivity index (χ2n) is 4.86. The highest BCUT2D eigenvalue weighted by atomic mass is 32.1. The van der Waals surface area contributed by atoms with E-state index in [1.54, 1.807) is 19.3 Å². The standard InChI is InChI=1S/C17H18N4O3S/c1-3-24-15(22)8-11-19-16(23)21-17-20-12(2)14(25-17)5-4-13-6-9-18-10-7-13/h6-7,9-10H,3,8,11H2,1-2H3,(H2,19,20,21,23). The topological polar surface area (TPSA) is 93.2 Å². The average Bonchev–Trinajstić information content (AvgIpc) is 2.93. The zero-order valence-electron chi connectivity index (χ0n) is 14.0. The van der Waals surface area contributed by atoms with Crippen molar-refractivity contribution in [1.29, 1.82) is 0 Å². The Labute approximate surface area is 149 Å². The predicted octanol–water partition coefficient (Wildman–Crippen LogP) is 2.32. The van der Waals surface area contributed by atoms with Gasteiger partial charge in [0.25, 0.3) is 0 Å². The molecular formula is C17H18N4O3S. The smallest absolute Gasteiger partial charge is 0.321 e. The molecule has 0 bridgehead atoms. The first-order chi connectivity index (χ1) is 12.1. The summed E-state index contributed by atoms with van der Waals surface area (Å²) >= 11 is 1.29. The quantitative estimate of drug-likeness (QED) is 0.632. The van der Waals surface area contributed by atoms with Crippen LogP contribution in [0.15, 0.2) is 24.5 Å². The predicted molar refractivity (Wildman–Crippen MR) is 95.3 cm³/mol. The van der Waals surface area contributed by atoms with Crippen LogP contribution in [-0.4, -0.2) is 35.1 Å². The number of esters is 1. The zero-order valence-corrected chi connectivity index (χ0v) is 14.8. The molecule has 2 N–H and O–H groups in total. The molecule has 0 saturated carbocycles. The van der Waals surface area contributed by atoms with Gasteiger partial charge in [0.15, 0.2) is 5.13 Å². The summed E-state index contributed by atoms with van der Waals surface area (Å²) < 4.78 is 4.78. The number of hydrogen-bond acceptors (Lipinski definition) is 6. The molecule has 7 nitrogen and oxygen atoms in total. The summed E-state index contributed by atoms with van der Waals surface area (Å²) in [5, 5.41) is 5.66. The number of carbonyl (C=O) groups is 2. The lowest BCUT2D eigenvalue weighted by Crippen LogP contribution is -2.30. The van der Waals surface area contributed by atoms with E-state index in [0.717, 1.165) is 16.1 Å². The minimum Gasteiger partial charge on any atom is -0.466 e. The van der Waals surface area contributed by atoms with Gasteiger partial charge in [-0.25, -0.2) is 9.78 Å². The Hall–Kier alpha value is -2.92. The molecule has 2 rings (SSSR count). The third-order valence-corrected chi connectivity index (χ3v) is 3.93. The van der Waals surface area contributed by atoms with Crippen LogP contribution < -0.4 is 10.6 Å². The normalized spacial score (nSPS) is 9.68. The van der Waals surface area contributed by atoms with Gasteiger partial charge in [-0.05, 0) is 31.9 Å². The fraction of sp³-hybridized carbons (Fsp3) is 0.294. The maximum atomic E-state index is 11.8. The van der Waals surface area contributed by atoms with Crippen molar-refractivity contribution >= 4 is 28.5 Å². The van der Waals surface area contributed by atoms with E-state index in [-0.39, 0.29) is 18.9 Å². The molecular weight excluding hydrogens is 340 g/mol. The number of anilines is 1. The Morgan fingerprint density at radius 1 is 1.28 bits per heavy atom. The first-order valence-corrected chi connectivity index (χ1v) is 8.50. The highest BCUT2D eigenvalue weighted by Crippen LogP contribution is 2.21. The minimum atomic E-state index is -0.424. The van der Waals surface area contributed by atoms with Crippen molar-refractivity contribution < 1.29 is 14.3 Å². The van der Waals surface area contributed by atoms with Gasteiger partial charge in [-0.1, -0.05) is 17.3 Å². The van der Waals surface area contributed by atoms with E-state index in [2.05, 4.69) is 32.4 Å². The number of hydrogen-bond donors (Lipinski definition) is 2. The lowest BCUT2D eigenvalue weighted by atomic mass is 10.2. The number of pyridine rings is 1. The van der Waals surface area contributed by atoms with Crippen LogP contribution in [0.25, 0.3) is 0 Å². The largest absolute Gasteiger partial charge is 0.466 e. The second kappa shape index (κ2) is 9.39. The Kier molecular flexibility index (Phi) is 6.92. The fourth-order valence-electron chi connectivity index (χ4n) is 1.78. The van der Waals surface area contributed by atoms with Crippen LogP contribution in [0, 0.1) is 18.8 Å². The SMILES string of the molecule is CCOC(=O)CCNC(=O)Nc1nc(C)c(C#Cc2ccncc2)s1. The molecule has 0 aliphatic heterocycles. The lowest BCUT2D eigenvalue weighted by molar-refractivity contribution is -0.142. The van der Waals surface area contributed by atoms with Crippen LogP contribution in [0.3, 0.4) is 0 Å². The maximum Gasteiger partial charge on any atom is 0.321 e.